The molecule has 0 radical (unpaired) electrons. The van der Waals surface area contributed by atoms with E-state index in [1.165, 1.54) is 12.1 Å². The van der Waals surface area contributed by atoms with E-state index in [9.17, 15) is 9.18 Å². The van der Waals surface area contributed by atoms with Gasteiger partial charge in [0, 0.05) is 12.5 Å². The molecule has 19 heavy (non-hydrogen) atoms. The topological polar surface area (TPSA) is 29.1 Å². The van der Waals surface area contributed by atoms with Crippen molar-refractivity contribution < 1.29 is 9.18 Å². The van der Waals surface area contributed by atoms with Crippen LogP contribution in [0, 0.1) is 11.2 Å². The average molecular weight is 263 g/mol. The molecule has 0 unspecified atom stereocenters. The van der Waals surface area contributed by atoms with Crippen LogP contribution in [0.1, 0.15) is 39.7 Å². The molecule has 0 heterocycles. The first-order valence-electron chi connectivity index (χ1n) is 6.50. The molecule has 1 amide bonds. The number of benzene rings is 1. The van der Waals surface area contributed by atoms with Crippen LogP contribution in [0.5, 0.6) is 0 Å². The molecule has 1 N–H and O–H groups in total. The third-order valence-corrected chi connectivity index (χ3v) is 3.16. The zero-order valence-corrected chi connectivity index (χ0v) is 12.0. The Morgan fingerprint density at radius 3 is 2.42 bits per heavy atom. The fourth-order valence-corrected chi connectivity index (χ4v) is 1.39. The summed E-state index contributed by atoms with van der Waals surface area (Å²) in [6.07, 6.45) is 3.94. The average Bonchev–Trinajstić information content (AvgIpc) is 2.30. The summed E-state index contributed by atoms with van der Waals surface area (Å²) in [6, 6.07) is 6.30. The maximum atomic E-state index is 12.7. The molecule has 104 valence electrons. The van der Waals surface area contributed by atoms with Crippen LogP contribution >= 0.6 is 0 Å². The van der Waals surface area contributed by atoms with Gasteiger partial charge in [0.15, 0.2) is 0 Å². The summed E-state index contributed by atoms with van der Waals surface area (Å²) < 4.78 is 12.7. The molecule has 0 saturated carbocycles. The summed E-state index contributed by atoms with van der Waals surface area (Å²) >= 11 is 0. The molecule has 2 nitrogen and oxygen atoms in total. The largest absolute Gasteiger partial charge is 0.353 e. The minimum Gasteiger partial charge on any atom is -0.353 e. The summed E-state index contributed by atoms with van der Waals surface area (Å²) in [7, 11) is 0. The highest BCUT2D eigenvalue weighted by atomic mass is 19.1. The molecule has 1 aromatic carbocycles. The molecular weight excluding hydrogens is 241 g/mol. The highest BCUT2D eigenvalue weighted by Gasteiger charge is 2.20. The van der Waals surface area contributed by atoms with Gasteiger partial charge in [-0.15, -0.1) is 0 Å². The summed E-state index contributed by atoms with van der Waals surface area (Å²) in [5.41, 5.74) is 0.939. The molecular formula is C16H22FNO. The summed E-state index contributed by atoms with van der Waals surface area (Å²) in [4.78, 5) is 11.7. The van der Waals surface area contributed by atoms with Crippen LogP contribution in [0.2, 0.25) is 0 Å². The maximum Gasteiger partial charge on any atom is 0.224 e. The van der Waals surface area contributed by atoms with Crippen LogP contribution < -0.4 is 5.32 Å². The van der Waals surface area contributed by atoms with Crippen molar-refractivity contribution in [2.75, 3.05) is 0 Å². The SMILES string of the molecule is C[C@H](NC(=O)C/C=C/c1ccc(F)cc1)C(C)(C)C. The Morgan fingerprint density at radius 1 is 1.32 bits per heavy atom. The van der Waals surface area contributed by atoms with E-state index in [-0.39, 0.29) is 23.2 Å². The van der Waals surface area contributed by atoms with Crippen molar-refractivity contribution in [2.45, 2.75) is 40.2 Å². The van der Waals surface area contributed by atoms with E-state index in [2.05, 4.69) is 26.1 Å². The second kappa shape index (κ2) is 6.50. The van der Waals surface area contributed by atoms with E-state index in [4.69, 9.17) is 0 Å². The van der Waals surface area contributed by atoms with Crippen molar-refractivity contribution in [3.8, 4) is 0 Å². The van der Waals surface area contributed by atoms with Gasteiger partial charge in [-0.3, -0.25) is 4.79 Å². The lowest BCUT2D eigenvalue weighted by Crippen LogP contribution is -2.41. The van der Waals surface area contributed by atoms with Crippen LogP contribution in [-0.4, -0.2) is 11.9 Å². The summed E-state index contributed by atoms with van der Waals surface area (Å²) in [5, 5.41) is 2.97. The predicted molar refractivity (Wildman–Crippen MR) is 77.1 cm³/mol. The standard InChI is InChI=1S/C16H22FNO/c1-12(16(2,3)4)18-15(19)7-5-6-13-8-10-14(17)11-9-13/h5-6,8-12H,7H2,1-4H3,(H,18,19)/b6-5+/t12-/m0/s1. The molecule has 1 rings (SSSR count). The second-order valence-corrected chi connectivity index (χ2v) is 5.81. The number of hydrogen-bond acceptors (Lipinski definition) is 1. The van der Waals surface area contributed by atoms with E-state index in [1.807, 2.05) is 13.0 Å². The molecule has 1 aromatic rings. The molecule has 0 aliphatic heterocycles. The normalized spacial score (nSPS) is 13.5. The third kappa shape index (κ3) is 5.69. The number of nitrogens with one attached hydrogen (secondary N) is 1. The minimum absolute atomic E-state index is 0.000728. The fraction of sp³-hybridized carbons (Fsp3) is 0.438. The molecule has 0 aliphatic carbocycles. The Morgan fingerprint density at radius 2 is 1.89 bits per heavy atom. The van der Waals surface area contributed by atoms with Crippen molar-refractivity contribution >= 4 is 12.0 Å². The van der Waals surface area contributed by atoms with Gasteiger partial charge in [-0.05, 0) is 30.0 Å². The number of carbonyl (C=O) groups excluding carboxylic acids is 1. The number of rotatable bonds is 4. The van der Waals surface area contributed by atoms with E-state index >= 15 is 0 Å². The Labute approximate surface area is 114 Å². The van der Waals surface area contributed by atoms with Crippen LogP contribution in [0.25, 0.3) is 6.08 Å². The molecule has 0 aliphatic rings. The van der Waals surface area contributed by atoms with Crippen LogP contribution in [0.3, 0.4) is 0 Å². The Balaban J connectivity index is 2.44. The maximum absolute atomic E-state index is 12.7. The summed E-state index contributed by atoms with van der Waals surface area (Å²) in [6.45, 7) is 8.27. The van der Waals surface area contributed by atoms with Crippen molar-refractivity contribution in [1.29, 1.82) is 0 Å². The van der Waals surface area contributed by atoms with Crippen LogP contribution in [0.4, 0.5) is 4.39 Å². The van der Waals surface area contributed by atoms with Crippen LogP contribution in [-0.2, 0) is 4.79 Å². The lowest BCUT2D eigenvalue weighted by Gasteiger charge is -2.27. The predicted octanol–water partition coefficient (Wildman–Crippen LogP) is 3.78. The van der Waals surface area contributed by atoms with Crippen molar-refractivity contribution in [2.24, 2.45) is 5.41 Å². The monoisotopic (exact) mass is 263 g/mol. The Kier molecular flexibility index (Phi) is 5.28. The number of amides is 1. The molecule has 1 atom stereocenters. The van der Waals surface area contributed by atoms with E-state index < -0.39 is 0 Å². The van der Waals surface area contributed by atoms with Gasteiger partial charge in [-0.2, -0.15) is 0 Å². The first-order valence-corrected chi connectivity index (χ1v) is 6.50. The first kappa shape index (κ1) is 15.4. The van der Waals surface area contributed by atoms with Crippen molar-refractivity contribution in [3.63, 3.8) is 0 Å². The molecule has 0 fully saturated rings. The van der Waals surface area contributed by atoms with E-state index in [1.54, 1.807) is 18.2 Å². The Hall–Kier alpha value is -1.64. The van der Waals surface area contributed by atoms with Gasteiger partial charge < -0.3 is 5.32 Å². The van der Waals surface area contributed by atoms with E-state index in [0.717, 1.165) is 5.56 Å². The molecule has 0 spiro atoms. The van der Waals surface area contributed by atoms with Gasteiger partial charge in [0.05, 0.1) is 0 Å². The Bertz CT molecular complexity index is 443. The lowest BCUT2D eigenvalue weighted by atomic mass is 9.88. The minimum atomic E-state index is -0.256. The zero-order chi connectivity index (χ0) is 14.5. The smallest absolute Gasteiger partial charge is 0.224 e. The fourth-order valence-electron chi connectivity index (χ4n) is 1.39. The van der Waals surface area contributed by atoms with Crippen molar-refractivity contribution in [1.82, 2.24) is 5.32 Å². The summed E-state index contributed by atoms with van der Waals surface area (Å²) in [5.74, 6) is -0.255. The molecule has 0 bridgehead atoms. The molecule has 3 heteroatoms. The third-order valence-electron chi connectivity index (χ3n) is 3.16. The second-order valence-electron chi connectivity index (χ2n) is 5.81. The van der Waals surface area contributed by atoms with Gasteiger partial charge >= 0.3 is 0 Å². The molecule has 0 aromatic heterocycles. The first-order chi connectivity index (χ1) is 8.79. The van der Waals surface area contributed by atoms with Gasteiger partial charge in [0.1, 0.15) is 5.82 Å². The van der Waals surface area contributed by atoms with Gasteiger partial charge in [-0.1, -0.05) is 45.1 Å². The van der Waals surface area contributed by atoms with Crippen LogP contribution in [0.15, 0.2) is 30.3 Å². The quantitative estimate of drug-likeness (QED) is 0.880. The number of carbonyl (C=O) groups is 1. The lowest BCUT2D eigenvalue weighted by molar-refractivity contribution is -0.121. The van der Waals surface area contributed by atoms with E-state index in [0.29, 0.717) is 6.42 Å². The zero-order valence-electron chi connectivity index (χ0n) is 12.0. The van der Waals surface area contributed by atoms with Crippen molar-refractivity contribution in [3.05, 3.63) is 41.7 Å². The number of hydrogen-bond donors (Lipinski definition) is 1. The van der Waals surface area contributed by atoms with Gasteiger partial charge in [0.2, 0.25) is 5.91 Å². The highest BCUT2D eigenvalue weighted by Crippen LogP contribution is 2.18. The highest BCUT2D eigenvalue weighted by molar-refractivity contribution is 5.78. The van der Waals surface area contributed by atoms with Gasteiger partial charge in [0.25, 0.3) is 0 Å². The molecule has 0 saturated heterocycles. The number of halogens is 1. The van der Waals surface area contributed by atoms with Gasteiger partial charge in [-0.25, -0.2) is 4.39 Å².